The first-order valence-corrected chi connectivity index (χ1v) is 10.0. The molecule has 2 aliphatic heterocycles. The number of carboxylic acids is 1. The molecule has 3 rings (SSSR count). The standard InChI is InChI=1S/C19H32N2O4/c22-18(23)13-16-6-8-21(19(24)15-3-1-2-4-15)14-17(16)5-7-20-9-11-25-12-10-20/h15-17H,1-14H2,(H,22,23)/t16-,17-/m0/s1. The lowest BCUT2D eigenvalue weighted by molar-refractivity contribution is -0.908. The Morgan fingerprint density at radius 1 is 1.08 bits per heavy atom. The van der Waals surface area contributed by atoms with Crippen LogP contribution in [-0.2, 0) is 14.3 Å². The van der Waals surface area contributed by atoms with Gasteiger partial charge in [0.05, 0.1) is 19.8 Å². The number of nitrogens with one attached hydrogen (secondary N) is 1. The Hall–Kier alpha value is -1.14. The van der Waals surface area contributed by atoms with Crippen LogP contribution >= 0.6 is 0 Å². The van der Waals surface area contributed by atoms with Crippen LogP contribution in [0, 0.1) is 17.8 Å². The van der Waals surface area contributed by atoms with E-state index in [1.54, 1.807) is 0 Å². The van der Waals surface area contributed by atoms with Gasteiger partial charge in [0, 0.05) is 31.4 Å². The molecule has 2 saturated heterocycles. The lowest BCUT2D eigenvalue weighted by Gasteiger charge is -2.40. The third-order valence-corrected chi connectivity index (χ3v) is 6.40. The number of hydrogen-bond acceptors (Lipinski definition) is 4. The van der Waals surface area contributed by atoms with Gasteiger partial charge in [0.15, 0.2) is 0 Å². The van der Waals surface area contributed by atoms with Crippen molar-refractivity contribution in [2.24, 2.45) is 17.8 Å². The smallest absolute Gasteiger partial charge is 0.225 e. The molecule has 1 aliphatic carbocycles. The number of morpholine rings is 1. The third kappa shape index (κ3) is 5.17. The topological polar surface area (TPSA) is 74.1 Å². The number of piperidine rings is 1. The molecular formula is C19H32N2O4. The molecule has 2 heterocycles. The summed E-state index contributed by atoms with van der Waals surface area (Å²) in [5.74, 6) is 0.00559. The molecule has 0 aromatic heterocycles. The van der Waals surface area contributed by atoms with Gasteiger partial charge in [0.2, 0.25) is 5.91 Å². The van der Waals surface area contributed by atoms with Gasteiger partial charge in [0.1, 0.15) is 13.1 Å². The second kappa shape index (κ2) is 8.99. The maximum Gasteiger partial charge on any atom is 0.225 e. The number of carbonyl (C=O) groups excluding carboxylic acids is 2. The van der Waals surface area contributed by atoms with E-state index in [2.05, 4.69) is 0 Å². The third-order valence-electron chi connectivity index (χ3n) is 6.40. The number of carboxylic acid groups (broad SMARTS) is 1. The van der Waals surface area contributed by atoms with Gasteiger partial charge >= 0.3 is 0 Å². The van der Waals surface area contributed by atoms with Gasteiger partial charge < -0.3 is 24.4 Å². The first-order valence-electron chi connectivity index (χ1n) is 10.0. The summed E-state index contributed by atoms with van der Waals surface area (Å²) < 4.78 is 5.41. The van der Waals surface area contributed by atoms with Crippen LogP contribution in [0.25, 0.3) is 0 Å². The van der Waals surface area contributed by atoms with Crippen molar-refractivity contribution in [1.82, 2.24) is 4.90 Å². The van der Waals surface area contributed by atoms with Crippen LogP contribution in [0.15, 0.2) is 0 Å². The van der Waals surface area contributed by atoms with E-state index in [4.69, 9.17) is 4.74 Å². The van der Waals surface area contributed by atoms with E-state index in [1.165, 1.54) is 17.7 Å². The van der Waals surface area contributed by atoms with Crippen molar-refractivity contribution in [3.05, 3.63) is 0 Å². The molecule has 6 nitrogen and oxygen atoms in total. The fraction of sp³-hybridized carbons (Fsp3) is 0.895. The second-order valence-corrected chi connectivity index (χ2v) is 8.05. The molecule has 0 aromatic carbocycles. The number of amides is 1. The lowest BCUT2D eigenvalue weighted by Crippen LogP contribution is -3.14. The van der Waals surface area contributed by atoms with Gasteiger partial charge in [-0.05, 0) is 37.5 Å². The number of rotatable bonds is 6. The van der Waals surface area contributed by atoms with E-state index < -0.39 is 5.97 Å². The molecular weight excluding hydrogens is 320 g/mol. The number of nitrogens with zero attached hydrogens (tertiary/aromatic N) is 1. The predicted molar refractivity (Wildman–Crippen MR) is 90.8 cm³/mol. The second-order valence-electron chi connectivity index (χ2n) is 8.05. The highest BCUT2D eigenvalue weighted by Crippen LogP contribution is 2.32. The molecule has 0 bridgehead atoms. The quantitative estimate of drug-likeness (QED) is 0.671. The maximum absolute atomic E-state index is 12.8. The SMILES string of the molecule is O=C([O-])C[C@@H]1CCN(C(=O)C2CCCC2)C[C@@H]1CC[NH+]1CCOCC1. The van der Waals surface area contributed by atoms with E-state index in [1.807, 2.05) is 4.90 Å². The van der Waals surface area contributed by atoms with E-state index in [9.17, 15) is 14.7 Å². The average molecular weight is 352 g/mol. The molecule has 1 N–H and O–H groups in total. The molecule has 0 unspecified atom stereocenters. The molecule has 3 fully saturated rings. The molecule has 142 valence electrons. The minimum absolute atomic E-state index is 0.134. The van der Waals surface area contributed by atoms with Crippen LogP contribution in [0.4, 0.5) is 0 Å². The number of ether oxygens (including phenoxy) is 1. The Balaban J connectivity index is 1.56. The molecule has 0 aromatic rings. The average Bonchev–Trinajstić information content (AvgIpc) is 3.15. The summed E-state index contributed by atoms with van der Waals surface area (Å²) in [7, 11) is 0. The van der Waals surface area contributed by atoms with Crippen LogP contribution in [0.3, 0.4) is 0 Å². The van der Waals surface area contributed by atoms with Crippen molar-refractivity contribution < 1.29 is 24.3 Å². The van der Waals surface area contributed by atoms with Crippen LogP contribution in [0.2, 0.25) is 0 Å². The Morgan fingerprint density at radius 3 is 2.48 bits per heavy atom. The van der Waals surface area contributed by atoms with E-state index in [0.29, 0.717) is 12.5 Å². The summed E-state index contributed by atoms with van der Waals surface area (Å²) in [5.41, 5.74) is 0. The van der Waals surface area contributed by atoms with Crippen LogP contribution in [-0.4, -0.2) is 62.7 Å². The van der Waals surface area contributed by atoms with Crippen molar-refractivity contribution in [1.29, 1.82) is 0 Å². The zero-order valence-corrected chi connectivity index (χ0v) is 15.2. The maximum atomic E-state index is 12.8. The van der Waals surface area contributed by atoms with Crippen molar-refractivity contribution in [3.63, 3.8) is 0 Å². The molecule has 1 amide bonds. The van der Waals surface area contributed by atoms with Gasteiger partial charge in [-0.3, -0.25) is 4.79 Å². The molecule has 3 aliphatic rings. The Morgan fingerprint density at radius 2 is 1.80 bits per heavy atom. The van der Waals surface area contributed by atoms with Crippen LogP contribution in [0.5, 0.6) is 0 Å². The summed E-state index contributed by atoms with van der Waals surface area (Å²) in [6.45, 7) is 6.18. The fourth-order valence-electron chi connectivity index (χ4n) is 4.82. The van der Waals surface area contributed by atoms with Gasteiger partial charge in [-0.25, -0.2) is 0 Å². The van der Waals surface area contributed by atoms with Crippen LogP contribution in [0.1, 0.15) is 44.9 Å². The molecule has 1 saturated carbocycles. The van der Waals surface area contributed by atoms with Gasteiger partial charge in [0.25, 0.3) is 0 Å². The number of aliphatic carboxylic acids is 1. The summed E-state index contributed by atoms with van der Waals surface area (Å²) in [5, 5.41) is 11.1. The summed E-state index contributed by atoms with van der Waals surface area (Å²) in [6.07, 6.45) is 6.31. The Bertz CT molecular complexity index is 458. The molecule has 2 atom stereocenters. The zero-order chi connectivity index (χ0) is 17.6. The molecule has 0 radical (unpaired) electrons. The van der Waals surface area contributed by atoms with Gasteiger partial charge in [-0.2, -0.15) is 0 Å². The Kier molecular flexibility index (Phi) is 6.70. The number of likely N-dealkylation sites (tertiary alicyclic amines) is 1. The monoisotopic (exact) mass is 352 g/mol. The van der Waals surface area contributed by atoms with Gasteiger partial charge in [-0.1, -0.05) is 12.8 Å². The molecule has 6 heteroatoms. The number of hydrogen-bond donors (Lipinski definition) is 1. The van der Waals surface area contributed by atoms with E-state index in [-0.39, 0.29) is 24.2 Å². The van der Waals surface area contributed by atoms with Crippen LogP contribution < -0.4 is 10.0 Å². The van der Waals surface area contributed by atoms with Crippen molar-refractivity contribution in [2.45, 2.75) is 44.9 Å². The van der Waals surface area contributed by atoms with E-state index >= 15 is 0 Å². The first-order chi connectivity index (χ1) is 12.1. The van der Waals surface area contributed by atoms with Crippen molar-refractivity contribution in [3.8, 4) is 0 Å². The molecule has 25 heavy (non-hydrogen) atoms. The predicted octanol–water partition coefficient (Wildman–Crippen LogP) is -0.913. The highest BCUT2D eigenvalue weighted by atomic mass is 16.5. The number of quaternary nitrogens is 1. The fourth-order valence-corrected chi connectivity index (χ4v) is 4.82. The van der Waals surface area contributed by atoms with Crippen molar-refractivity contribution >= 4 is 11.9 Å². The molecule has 0 spiro atoms. The minimum atomic E-state index is -0.954. The van der Waals surface area contributed by atoms with Gasteiger partial charge in [-0.15, -0.1) is 0 Å². The lowest BCUT2D eigenvalue weighted by atomic mass is 9.80. The highest BCUT2D eigenvalue weighted by molar-refractivity contribution is 5.79. The Labute approximate surface area is 150 Å². The summed E-state index contributed by atoms with van der Waals surface area (Å²) in [4.78, 5) is 27.5. The van der Waals surface area contributed by atoms with E-state index in [0.717, 1.165) is 65.1 Å². The number of carbonyl (C=O) groups is 2. The van der Waals surface area contributed by atoms with Crippen molar-refractivity contribution in [2.75, 3.05) is 45.9 Å². The minimum Gasteiger partial charge on any atom is -0.550 e. The zero-order valence-electron chi connectivity index (χ0n) is 15.2. The largest absolute Gasteiger partial charge is 0.550 e. The first kappa shape index (κ1) is 18.6. The summed E-state index contributed by atoms with van der Waals surface area (Å²) in [6, 6.07) is 0. The normalized spacial score (nSPS) is 29.0. The summed E-state index contributed by atoms with van der Waals surface area (Å²) >= 11 is 0. The highest BCUT2D eigenvalue weighted by Gasteiger charge is 2.35.